The van der Waals surface area contributed by atoms with Crippen LogP contribution in [0.5, 0.6) is 0 Å². The summed E-state index contributed by atoms with van der Waals surface area (Å²) in [7, 11) is 0. The molecule has 2 N–H and O–H groups in total. The fourth-order valence-electron chi connectivity index (χ4n) is 1.76. The molecule has 0 spiro atoms. The maximum Gasteiger partial charge on any atom is 0.237 e. The molecule has 1 saturated heterocycles. The lowest BCUT2D eigenvalue weighted by molar-refractivity contribution is -0.124. The Balaban J connectivity index is 1.89. The van der Waals surface area contributed by atoms with Gasteiger partial charge in [0.15, 0.2) is 0 Å². The number of hydrogen-bond acceptors (Lipinski definition) is 3. The Labute approximate surface area is 93.3 Å². The summed E-state index contributed by atoms with van der Waals surface area (Å²) in [5.74, 6) is -0.331. The van der Waals surface area contributed by atoms with Crippen molar-refractivity contribution in [3.05, 3.63) is 29.8 Å². The van der Waals surface area contributed by atoms with Crippen molar-refractivity contribution in [2.45, 2.75) is 25.4 Å². The standard InChI is InChI=1S/C11H14FN3O/c12-9-4-8(5-13-7-9)6-15-10-2-1-3-14-11(10)16/h4-5,7,10,15H,1-3,6H2,(H,14,16). The second kappa shape index (κ2) is 5.03. The first-order valence-corrected chi connectivity index (χ1v) is 5.36. The molecule has 0 radical (unpaired) electrons. The van der Waals surface area contributed by atoms with Crippen LogP contribution in [0.4, 0.5) is 4.39 Å². The Morgan fingerprint density at radius 3 is 3.19 bits per heavy atom. The molecule has 16 heavy (non-hydrogen) atoms. The van der Waals surface area contributed by atoms with Gasteiger partial charge >= 0.3 is 0 Å². The second-order valence-corrected chi connectivity index (χ2v) is 3.88. The van der Waals surface area contributed by atoms with Crippen molar-refractivity contribution >= 4 is 5.91 Å². The van der Waals surface area contributed by atoms with Gasteiger partial charge in [-0.1, -0.05) is 0 Å². The molecule has 1 aromatic heterocycles. The highest BCUT2D eigenvalue weighted by Crippen LogP contribution is 2.05. The van der Waals surface area contributed by atoms with Crippen molar-refractivity contribution in [2.24, 2.45) is 0 Å². The van der Waals surface area contributed by atoms with Crippen molar-refractivity contribution in [1.29, 1.82) is 0 Å². The summed E-state index contributed by atoms with van der Waals surface area (Å²) in [5.41, 5.74) is 0.748. The normalized spacial score (nSPS) is 20.6. The number of aromatic nitrogens is 1. The molecular weight excluding hydrogens is 209 g/mol. The van der Waals surface area contributed by atoms with E-state index in [1.54, 1.807) is 6.20 Å². The molecule has 0 aromatic carbocycles. The third kappa shape index (κ3) is 2.76. The first kappa shape index (κ1) is 11.0. The van der Waals surface area contributed by atoms with Crippen LogP contribution in [-0.4, -0.2) is 23.5 Å². The van der Waals surface area contributed by atoms with E-state index in [-0.39, 0.29) is 17.8 Å². The van der Waals surface area contributed by atoms with Crippen LogP contribution < -0.4 is 10.6 Å². The number of amides is 1. The maximum atomic E-state index is 12.8. The SMILES string of the molecule is O=C1NCCCC1NCc1cncc(F)c1. The topological polar surface area (TPSA) is 54.0 Å². The van der Waals surface area contributed by atoms with Gasteiger partial charge in [-0.2, -0.15) is 0 Å². The number of carbonyl (C=O) groups excluding carboxylic acids is 1. The number of halogens is 1. The molecule has 2 rings (SSSR count). The Morgan fingerprint density at radius 2 is 2.44 bits per heavy atom. The molecule has 5 heteroatoms. The van der Waals surface area contributed by atoms with E-state index < -0.39 is 0 Å². The summed E-state index contributed by atoms with van der Waals surface area (Å²) < 4.78 is 12.8. The van der Waals surface area contributed by atoms with Crippen LogP contribution in [-0.2, 0) is 11.3 Å². The van der Waals surface area contributed by atoms with E-state index in [0.29, 0.717) is 6.54 Å². The minimum atomic E-state index is -0.354. The minimum absolute atomic E-state index is 0.0237. The van der Waals surface area contributed by atoms with Gasteiger partial charge in [-0.15, -0.1) is 0 Å². The fourth-order valence-corrected chi connectivity index (χ4v) is 1.76. The lowest BCUT2D eigenvalue weighted by Gasteiger charge is -2.22. The predicted molar refractivity (Wildman–Crippen MR) is 57.1 cm³/mol. The zero-order chi connectivity index (χ0) is 11.4. The third-order valence-corrected chi connectivity index (χ3v) is 2.60. The minimum Gasteiger partial charge on any atom is -0.355 e. The van der Waals surface area contributed by atoms with Crippen LogP contribution in [0.15, 0.2) is 18.5 Å². The smallest absolute Gasteiger partial charge is 0.237 e. The van der Waals surface area contributed by atoms with E-state index in [4.69, 9.17) is 0 Å². The highest BCUT2D eigenvalue weighted by molar-refractivity contribution is 5.82. The Morgan fingerprint density at radius 1 is 1.56 bits per heavy atom. The average molecular weight is 223 g/mol. The van der Waals surface area contributed by atoms with Crippen LogP contribution in [0, 0.1) is 5.82 Å². The Hall–Kier alpha value is -1.49. The molecule has 1 amide bonds. The van der Waals surface area contributed by atoms with E-state index in [1.165, 1.54) is 6.07 Å². The molecular formula is C11H14FN3O. The van der Waals surface area contributed by atoms with Crippen LogP contribution in [0.3, 0.4) is 0 Å². The van der Waals surface area contributed by atoms with Gasteiger partial charge in [0, 0.05) is 19.3 Å². The molecule has 0 aliphatic carbocycles. The van der Waals surface area contributed by atoms with E-state index in [1.807, 2.05) is 0 Å². The highest BCUT2D eigenvalue weighted by Gasteiger charge is 2.20. The number of carbonyl (C=O) groups is 1. The molecule has 0 bridgehead atoms. The predicted octanol–water partition coefficient (Wildman–Crippen LogP) is 0.589. The lowest BCUT2D eigenvalue weighted by atomic mass is 10.1. The van der Waals surface area contributed by atoms with Gasteiger partial charge < -0.3 is 10.6 Å². The molecule has 1 aliphatic heterocycles. The number of nitrogens with one attached hydrogen (secondary N) is 2. The molecule has 2 heterocycles. The molecule has 1 atom stereocenters. The average Bonchev–Trinajstić information content (AvgIpc) is 2.28. The number of piperidine rings is 1. The summed E-state index contributed by atoms with van der Waals surface area (Å²) in [6.45, 7) is 1.21. The van der Waals surface area contributed by atoms with Crippen LogP contribution in [0.1, 0.15) is 18.4 Å². The van der Waals surface area contributed by atoms with Crippen molar-refractivity contribution in [3.8, 4) is 0 Å². The highest BCUT2D eigenvalue weighted by atomic mass is 19.1. The molecule has 1 aromatic rings. The summed E-state index contributed by atoms with van der Waals surface area (Å²) in [4.78, 5) is 15.2. The zero-order valence-corrected chi connectivity index (χ0v) is 8.87. The summed E-state index contributed by atoms with van der Waals surface area (Å²) >= 11 is 0. The second-order valence-electron chi connectivity index (χ2n) is 3.88. The van der Waals surface area contributed by atoms with Gasteiger partial charge in [0.25, 0.3) is 0 Å². The van der Waals surface area contributed by atoms with Gasteiger partial charge in [-0.25, -0.2) is 4.39 Å². The number of hydrogen-bond donors (Lipinski definition) is 2. The first-order chi connectivity index (χ1) is 7.75. The molecule has 1 fully saturated rings. The van der Waals surface area contributed by atoms with Crippen molar-refractivity contribution in [1.82, 2.24) is 15.6 Å². The quantitative estimate of drug-likeness (QED) is 0.788. The van der Waals surface area contributed by atoms with E-state index in [9.17, 15) is 9.18 Å². The lowest BCUT2D eigenvalue weighted by Crippen LogP contribution is -2.47. The zero-order valence-electron chi connectivity index (χ0n) is 8.87. The Kier molecular flexibility index (Phi) is 3.46. The van der Waals surface area contributed by atoms with Crippen molar-refractivity contribution in [3.63, 3.8) is 0 Å². The number of rotatable bonds is 3. The van der Waals surface area contributed by atoms with Gasteiger partial charge in [-0.05, 0) is 24.5 Å². The van der Waals surface area contributed by atoms with Gasteiger partial charge in [0.2, 0.25) is 5.91 Å². The van der Waals surface area contributed by atoms with E-state index >= 15 is 0 Å². The Bertz CT molecular complexity index is 383. The fraction of sp³-hybridized carbons (Fsp3) is 0.455. The molecule has 0 saturated carbocycles. The number of pyridine rings is 1. The van der Waals surface area contributed by atoms with Gasteiger partial charge in [-0.3, -0.25) is 9.78 Å². The summed E-state index contributed by atoms with van der Waals surface area (Å²) in [6.07, 6.45) is 4.56. The summed E-state index contributed by atoms with van der Waals surface area (Å²) in [6, 6.07) is 1.25. The monoisotopic (exact) mass is 223 g/mol. The van der Waals surface area contributed by atoms with Gasteiger partial charge in [0.1, 0.15) is 5.82 Å². The maximum absolute atomic E-state index is 12.8. The van der Waals surface area contributed by atoms with Crippen molar-refractivity contribution < 1.29 is 9.18 Å². The van der Waals surface area contributed by atoms with Gasteiger partial charge in [0.05, 0.1) is 12.2 Å². The van der Waals surface area contributed by atoms with Crippen molar-refractivity contribution in [2.75, 3.05) is 6.54 Å². The third-order valence-electron chi connectivity index (χ3n) is 2.60. The van der Waals surface area contributed by atoms with Crippen LogP contribution in [0.25, 0.3) is 0 Å². The van der Waals surface area contributed by atoms with Crippen LogP contribution in [0.2, 0.25) is 0 Å². The van der Waals surface area contributed by atoms with Crippen LogP contribution >= 0.6 is 0 Å². The molecule has 4 nitrogen and oxygen atoms in total. The summed E-state index contributed by atoms with van der Waals surface area (Å²) in [5, 5.41) is 5.88. The molecule has 1 aliphatic rings. The molecule has 86 valence electrons. The van der Waals surface area contributed by atoms with E-state index in [2.05, 4.69) is 15.6 Å². The number of nitrogens with zero attached hydrogens (tertiary/aromatic N) is 1. The first-order valence-electron chi connectivity index (χ1n) is 5.36. The largest absolute Gasteiger partial charge is 0.355 e. The molecule has 1 unspecified atom stereocenters. The van der Waals surface area contributed by atoms with E-state index in [0.717, 1.165) is 31.1 Å².